The van der Waals surface area contributed by atoms with Gasteiger partial charge in [-0.25, -0.2) is 0 Å². The molecule has 1 heterocycles. The van der Waals surface area contributed by atoms with E-state index in [1.54, 1.807) is 0 Å². The van der Waals surface area contributed by atoms with Crippen molar-refractivity contribution in [1.29, 1.82) is 0 Å². The maximum absolute atomic E-state index is 7.20. The van der Waals surface area contributed by atoms with Crippen LogP contribution in [0, 0.1) is 0 Å². The fourth-order valence-corrected chi connectivity index (χ4v) is 10.5. The number of fused-ring (bicyclic) bond motifs is 12. The lowest BCUT2D eigenvalue weighted by molar-refractivity contribution is 0.360. The Bertz CT molecular complexity index is 3370. The van der Waals surface area contributed by atoms with E-state index in [0.29, 0.717) is 23.0 Å². The van der Waals surface area contributed by atoms with Gasteiger partial charge in [0.05, 0.1) is 11.1 Å². The van der Waals surface area contributed by atoms with E-state index in [-0.39, 0.29) is 0 Å². The quantitative estimate of drug-likeness (QED) is 0.167. The Labute approximate surface area is 372 Å². The first-order valence-electron chi connectivity index (χ1n) is 21.9. The summed E-state index contributed by atoms with van der Waals surface area (Å²) in [4.78, 5) is 2.28. The van der Waals surface area contributed by atoms with Crippen molar-refractivity contribution < 1.29 is 9.47 Å². The highest BCUT2D eigenvalue weighted by molar-refractivity contribution is 5.96. The summed E-state index contributed by atoms with van der Waals surface area (Å²) in [6, 6.07) is 84.7. The van der Waals surface area contributed by atoms with Gasteiger partial charge >= 0.3 is 0 Å². The summed E-state index contributed by atoms with van der Waals surface area (Å²) in [6.07, 6.45) is 0. The second-order valence-electron chi connectivity index (χ2n) is 16.8. The summed E-state index contributed by atoms with van der Waals surface area (Å²) < 4.78 is 14.1. The van der Waals surface area contributed by atoms with E-state index < -0.39 is 5.41 Å². The van der Waals surface area contributed by atoms with Crippen LogP contribution in [0.4, 0.5) is 17.1 Å². The van der Waals surface area contributed by atoms with Crippen molar-refractivity contribution in [1.82, 2.24) is 0 Å². The summed E-state index contributed by atoms with van der Waals surface area (Å²) >= 11 is 0. The smallest absolute Gasteiger partial charge is 0.194 e. The van der Waals surface area contributed by atoms with Gasteiger partial charge in [-0.3, -0.25) is 0 Å². The third-order valence-electron chi connectivity index (χ3n) is 13.4. The Kier molecular flexibility index (Phi) is 8.13. The first kappa shape index (κ1) is 36.3. The molecule has 300 valence electrons. The molecule has 3 nitrogen and oxygen atoms in total. The molecule has 0 bridgehead atoms. The largest absolute Gasteiger partial charge is 0.449 e. The summed E-state index contributed by atoms with van der Waals surface area (Å²) in [5.41, 5.74) is 19.4. The predicted octanol–water partition coefficient (Wildman–Crippen LogP) is 16.4. The Balaban J connectivity index is 0.929. The van der Waals surface area contributed by atoms with Gasteiger partial charge in [0.25, 0.3) is 0 Å². The molecule has 0 unspecified atom stereocenters. The van der Waals surface area contributed by atoms with E-state index in [0.717, 1.165) is 33.8 Å². The highest BCUT2D eigenvalue weighted by Gasteiger charge is 2.52. The van der Waals surface area contributed by atoms with Crippen LogP contribution >= 0.6 is 0 Å². The SMILES string of the molecule is c1ccc(-c2ccc(-c3ccc(N(c4ccc(-c5ccccc5)cc4)c4cccc5c4Oc4cc6c(cc4O5)-c4ccccc4C64c5ccccc5-c5ccccc54)cc3)cc2)cc1. The molecule has 0 fully saturated rings. The standard InChI is InChI=1S/C61H39NO2/c1-3-14-40(15-4-1)42-26-28-43(29-27-42)45-32-36-47(37-33-45)62(46-34-30-44(31-35-46)41-16-5-2-6-17-41)56-24-13-25-57-60(56)64-59-39-55-51(38-58(59)63-57)50-20-9-12-23-54(50)61(55)52-21-10-7-18-48(52)49-19-8-11-22-53(49)61/h1-39H. The molecule has 0 saturated heterocycles. The zero-order valence-electron chi connectivity index (χ0n) is 34.8. The molecule has 1 aliphatic heterocycles. The minimum absolute atomic E-state index is 0.493. The van der Waals surface area contributed by atoms with Crippen molar-refractivity contribution in [3.8, 4) is 78.6 Å². The normalized spacial score (nSPS) is 13.1. The third-order valence-corrected chi connectivity index (χ3v) is 13.4. The Morgan fingerprint density at radius 3 is 1.19 bits per heavy atom. The van der Waals surface area contributed by atoms with Gasteiger partial charge < -0.3 is 14.4 Å². The first-order chi connectivity index (χ1) is 31.7. The van der Waals surface area contributed by atoms with Crippen molar-refractivity contribution in [2.24, 2.45) is 0 Å². The van der Waals surface area contributed by atoms with Crippen LogP contribution in [0.15, 0.2) is 237 Å². The predicted molar refractivity (Wildman–Crippen MR) is 260 cm³/mol. The van der Waals surface area contributed by atoms with Crippen LogP contribution in [0.1, 0.15) is 22.3 Å². The van der Waals surface area contributed by atoms with E-state index in [1.807, 2.05) is 6.07 Å². The molecule has 0 saturated carbocycles. The molecule has 3 aliphatic rings. The Morgan fingerprint density at radius 2 is 0.688 bits per heavy atom. The van der Waals surface area contributed by atoms with Crippen LogP contribution in [0.25, 0.3) is 55.6 Å². The monoisotopic (exact) mass is 817 g/mol. The molecule has 0 radical (unpaired) electrons. The lowest BCUT2D eigenvalue weighted by atomic mass is 9.70. The van der Waals surface area contributed by atoms with Gasteiger partial charge in [-0.15, -0.1) is 0 Å². The van der Waals surface area contributed by atoms with Gasteiger partial charge in [-0.05, 0) is 126 Å². The highest BCUT2D eigenvalue weighted by Crippen LogP contribution is 2.65. The Hall–Kier alpha value is -8.40. The van der Waals surface area contributed by atoms with Crippen LogP contribution in [0.3, 0.4) is 0 Å². The fourth-order valence-electron chi connectivity index (χ4n) is 10.5. The lowest BCUT2D eigenvalue weighted by Crippen LogP contribution is -2.25. The van der Waals surface area contributed by atoms with Crippen molar-refractivity contribution >= 4 is 17.1 Å². The van der Waals surface area contributed by atoms with Gasteiger partial charge in [0, 0.05) is 11.4 Å². The van der Waals surface area contributed by atoms with Crippen LogP contribution in [0.5, 0.6) is 23.0 Å². The summed E-state index contributed by atoms with van der Waals surface area (Å²) in [5, 5.41) is 0. The van der Waals surface area contributed by atoms with E-state index in [9.17, 15) is 0 Å². The zero-order valence-corrected chi connectivity index (χ0v) is 34.8. The molecule has 0 atom stereocenters. The van der Waals surface area contributed by atoms with E-state index in [2.05, 4.69) is 235 Å². The van der Waals surface area contributed by atoms with Crippen molar-refractivity contribution in [3.05, 3.63) is 259 Å². The molecule has 13 rings (SSSR count). The molecule has 64 heavy (non-hydrogen) atoms. The second kappa shape index (κ2) is 14.3. The van der Waals surface area contributed by atoms with Gasteiger partial charge in [-0.1, -0.05) is 188 Å². The molecular weight excluding hydrogens is 779 g/mol. The molecule has 3 heteroatoms. The number of hydrogen-bond donors (Lipinski definition) is 0. The fraction of sp³-hybridized carbons (Fsp3) is 0.0164. The average molecular weight is 818 g/mol. The average Bonchev–Trinajstić information content (AvgIpc) is 3.83. The number of hydrogen-bond acceptors (Lipinski definition) is 3. The van der Waals surface area contributed by atoms with Crippen molar-refractivity contribution in [2.75, 3.05) is 4.90 Å². The number of anilines is 3. The topological polar surface area (TPSA) is 21.7 Å². The van der Waals surface area contributed by atoms with Crippen molar-refractivity contribution in [2.45, 2.75) is 5.41 Å². The summed E-state index contributed by atoms with van der Waals surface area (Å²) in [7, 11) is 0. The molecular formula is C61H39NO2. The zero-order chi connectivity index (χ0) is 42.2. The van der Waals surface area contributed by atoms with Gasteiger partial charge in [-0.2, -0.15) is 0 Å². The van der Waals surface area contributed by atoms with Gasteiger partial charge in [0.2, 0.25) is 0 Å². The molecule has 10 aromatic carbocycles. The number of para-hydroxylation sites is 1. The number of benzene rings is 10. The molecule has 0 N–H and O–H groups in total. The molecule has 0 aromatic heterocycles. The lowest BCUT2D eigenvalue weighted by Gasteiger charge is -2.32. The minimum Gasteiger partial charge on any atom is -0.449 e. The van der Waals surface area contributed by atoms with Crippen molar-refractivity contribution in [3.63, 3.8) is 0 Å². The molecule has 1 spiro atoms. The number of nitrogens with zero attached hydrogens (tertiary/aromatic N) is 1. The molecule has 2 aliphatic carbocycles. The summed E-state index contributed by atoms with van der Waals surface area (Å²) in [6.45, 7) is 0. The van der Waals surface area contributed by atoms with E-state index >= 15 is 0 Å². The van der Waals surface area contributed by atoms with Crippen LogP contribution in [0.2, 0.25) is 0 Å². The Morgan fingerprint density at radius 1 is 0.281 bits per heavy atom. The third kappa shape index (κ3) is 5.47. The first-order valence-corrected chi connectivity index (χ1v) is 21.9. The van der Waals surface area contributed by atoms with E-state index in [4.69, 9.17) is 9.47 Å². The van der Waals surface area contributed by atoms with Gasteiger partial charge in [0.15, 0.2) is 23.0 Å². The second-order valence-corrected chi connectivity index (χ2v) is 16.8. The number of ether oxygens (including phenoxy) is 2. The van der Waals surface area contributed by atoms with E-state index in [1.165, 1.54) is 61.2 Å². The van der Waals surface area contributed by atoms with Gasteiger partial charge in [0.1, 0.15) is 0 Å². The van der Waals surface area contributed by atoms with Crippen LogP contribution in [-0.2, 0) is 5.41 Å². The highest BCUT2D eigenvalue weighted by atomic mass is 16.6. The van der Waals surface area contributed by atoms with Crippen LogP contribution < -0.4 is 14.4 Å². The minimum atomic E-state index is -0.493. The molecule has 0 amide bonds. The maximum atomic E-state index is 7.20. The summed E-state index contributed by atoms with van der Waals surface area (Å²) in [5.74, 6) is 2.74. The molecule has 10 aromatic rings. The number of rotatable bonds is 6. The maximum Gasteiger partial charge on any atom is 0.194 e. The van der Waals surface area contributed by atoms with Crippen LogP contribution in [-0.4, -0.2) is 0 Å².